The van der Waals surface area contributed by atoms with Gasteiger partial charge in [-0.2, -0.15) is 0 Å². The van der Waals surface area contributed by atoms with Crippen molar-refractivity contribution in [2.75, 3.05) is 10.6 Å². The average molecular weight is 382 g/mol. The molecule has 3 aromatic rings. The molecule has 2 aromatic heterocycles. The Labute approximate surface area is 159 Å². The molecule has 0 fully saturated rings. The van der Waals surface area contributed by atoms with Gasteiger partial charge in [0.2, 0.25) is 5.91 Å². The van der Waals surface area contributed by atoms with E-state index in [0.29, 0.717) is 17.2 Å². The van der Waals surface area contributed by atoms with Gasteiger partial charge < -0.3 is 10.3 Å². The summed E-state index contributed by atoms with van der Waals surface area (Å²) in [5, 5.41) is 7.62. The monoisotopic (exact) mass is 382 g/mol. The van der Waals surface area contributed by atoms with Gasteiger partial charge in [-0.3, -0.25) is 19.7 Å². The van der Waals surface area contributed by atoms with Crippen LogP contribution in [0.15, 0.2) is 52.8 Å². The van der Waals surface area contributed by atoms with Crippen molar-refractivity contribution < 1.29 is 9.59 Å². The number of carbonyl (C=O) groups excluding carboxylic acids is 2. The first-order valence-electron chi connectivity index (χ1n) is 8.31. The summed E-state index contributed by atoms with van der Waals surface area (Å²) in [5.41, 5.74) is 2.10. The Morgan fingerprint density at radius 3 is 2.81 bits per heavy atom. The van der Waals surface area contributed by atoms with E-state index in [1.165, 1.54) is 23.6 Å². The first kappa shape index (κ1) is 18.5. The number of H-pyrrole nitrogens is 1. The lowest BCUT2D eigenvalue weighted by atomic mass is 10.2. The number of hydrogen-bond acceptors (Lipinski definition) is 5. The van der Waals surface area contributed by atoms with Crippen LogP contribution in [0.1, 0.15) is 28.0 Å². The maximum Gasteiger partial charge on any atom is 0.263 e. The third kappa shape index (κ3) is 5.11. The molecule has 0 unspecified atom stereocenters. The smallest absolute Gasteiger partial charge is 0.263 e. The molecule has 1 aromatic carbocycles. The lowest BCUT2D eigenvalue weighted by Crippen LogP contribution is -2.22. The zero-order valence-corrected chi connectivity index (χ0v) is 15.4. The molecule has 0 aliphatic carbocycles. The van der Waals surface area contributed by atoms with Crippen LogP contribution in [0.3, 0.4) is 0 Å². The Kier molecular flexibility index (Phi) is 5.77. The number of amides is 2. The largest absolute Gasteiger partial charge is 0.328 e. The van der Waals surface area contributed by atoms with Crippen molar-refractivity contribution >= 4 is 34.0 Å². The van der Waals surface area contributed by atoms with Gasteiger partial charge in [-0.15, -0.1) is 11.3 Å². The predicted molar refractivity (Wildman–Crippen MR) is 105 cm³/mol. The van der Waals surface area contributed by atoms with E-state index in [2.05, 4.69) is 20.6 Å². The van der Waals surface area contributed by atoms with Crippen LogP contribution >= 0.6 is 11.3 Å². The summed E-state index contributed by atoms with van der Waals surface area (Å²) in [6.07, 6.45) is 2.20. The van der Waals surface area contributed by atoms with E-state index in [1.807, 2.05) is 31.2 Å². The third-order valence-corrected chi connectivity index (χ3v) is 4.55. The lowest BCUT2D eigenvalue weighted by Gasteiger charge is -2.05. The van der Waals surface area contributed by atoms with Crippen molar-refractivity contribution in [3.05, 3.63) is 75.1 Å². The molecule has 27 heavy (non-hydrogen) atoms. The number of pyridine rings is 1. The van der Waals surface area contributed by atoms with Crippen molar-refractivity contribution in [3.63, 3.8) is 0 Å². The van der Waals surface area contributed by atoms with Crippen LogP contribution in [0.25, 0.3) is 0 Å². The fourth-order valence-corrected chi connectivity index (χ4v) is 3.17. The molecule has 2 heterocycles. The van der Waals surface area contributed by atoms with E-state index in [9.17, 15) is 14.4 Å². The van der Waals surface area contributed by atoms with Gasteiger partial charge in [0.25, 0.3) is 11.5 Å². The zero-order chi connectivity index (χ0) is 19.2. The van der Waals surface area contributed by atoms with Crippen LogP contribution < -0.4 is 16.2 Å². The summed E-state index contributed by atoms with van der Waals surface area (Å²) in [5.74, 6) is -0.620. The minimum Gasteiger partial charge on any atom is -0.328 e. The number of aryl methyl sites for hydroxylation is 2. The van der Waals surface area contributed by atoms with Gasteiger partial charge in [0.05, 0.1) is 5.69 Å². The molecule has 0 atom stereocenters. The van der Waals surface area contributed by atoms with Gasteiger partial charge in [0, 0.05) is 23.7 Å². The highest BCUT2D eigenvalue weighted by Crippen LogP contribution is 2.17. The van der Waals surface area contributed by atoms with Gasteiger partial charge in [-0.25, -0.2) is 4.98 Å². The van der Waals surface area contributed by atoms with Crippen molar-refractivity contribution in [2.24, 2.45) is 0 Å². The fraction of sp³-hybridized carbons (Fsp3) is 0.158. The summed E-state index contributed by atoms with van der Waals surface area (Å²) < 4.78 is 0. The van der Waals surface area contributed by atoms with Crippen molar-refractivity contribution in [1.29, 1.82) is 0 Å². The molecule has 0 saturated carbocycles. The van der Waals surface area contributed by atoms with Crippen LogP contribution in [0.2, 0.25) is 0 Å². The highest BCUT2D eigenvalue weighted by Gasteiger charge is 2.12. The number of nitrogens with one attached hydrogen (secondary N) is 3. The summed E-state index contributed by atoms with van der Waals surface area (Å²) in [4.78, 5) is 42.5. The molecule has 0 radical (unpaired) electrons. The van der Waals surface area contributed by atoms with E-state index in [4.69, 9.17) is 0 Å². The Bertz CT molecular complexity index is 1030. The zero-order valence-electron chi connectivity index (χ0n) is 14.6. The third-order valence-electron chi connectivity index (χ3n) is 3.75. The second-order valence-electron chi connectivity index (χ2n) is 5.93. The van der Waals surface area contributed by atoms with E-state index in [-0.39, 0.29) is 17.9 Å². The molecule has 2 amide bonds. The fourth-order valence-electron chi connectivity index (χ4n) is 2.43. The van der Waals surface area contributed by atoms with Gasteiger partial charge in [0.15, 0.2) is 5.13 Å². The molecule has 0 saturated heterocycles. The average Bonchev–Trinajstić information content (AvgIpc) is 3.08. The minimum atomic E-state index is -0.519. The van der Waals surface area contributed by atoms with Crippen molar-refractivity contribution in [2.45, 2.75) is 19.8 Å². The number of aromatic nitrogens is 2. The number of thiazole rings is 1. The van der Waals surface area contributed by atoms with Crippen LogP contribution in [-0.2, 0) is 11.2 Å². The molecular weight excluding hydrogens is 364 g/mol. The first-order valence-corrected chi connectivity index (χ1v) is 9.19. The van der Waals surface area contributed by atoms with Crippen molar-refractivity contribution in [1.82, 2.24) is 9.97 Å². The predicted octanol–water partition coefficient (Wildman–Crippen LogP) is 2.96. The van der Waals surface area contributed by atoms with Crippen LogP contribution in [0.4, 0.5) is 10.8 Å². The summed E-state index contributed by atoms with van der Waals surface area (Å²) in [7, 11) is 0. The summed E-state index contributed by atoms with van der Waals surface area (Å²) >= 11 is 1.25. The Morgan fingerprint density at radius 1 is 1.19 bits per heavy atom. The van der Waals surface area contributed by atoms with Crippen molar-refractivity contribution in [3.8, 4) is 0 Å². The van der Waals surface area contributed by atoms with Crippen LogP contribution in [-0.4, -0.2) is 21.8 Å². The Morgan fingerprint density at radius 2 is 2.04 bits per heavy atom. The first-order chi connectivity index (χ1) is 13.0. The number of anilines is 2. The molecule has 7 nitrogen and oxygen atoms in total. The number of rotatable bonds is 6. The summed E-state index contributed by atoms with van der Waals surface area (Å²) in [6.45, 7) is 1.96. The lowest BCUT2D eigenvalue weighted by molar-refractivity contribution is -0.116. The normalized spacial score (nSPS) is 10.4. The van der Waals surface area contributed by atoms with Gasteiger partial charge in [-0.1, -0.05) is 12.1 Å². The highest BCUT2D eigenvalue weighted by molar-refractivity contribution is 7.14. The maximum absolute atomic E-state index is 12.1. The second kappa shape index (κ2) is 8.41. The number of carbonyl (C=O) groups is 2. The summed E-state index contributed by atoms with van der Waals surface area (Å²) in [6, 6.07) is 10.6. The van der Waals surface area contributed by atoms with Crippen LogP contribution in [0.5, 0.6) is 0 Å². The molecule has 0 spiro atoms. The van der Waals surface area contributed by atoms with E-state index in [1.54, 1.807) is 11.4 Å². The number of aromatic amines is 1. The van der Waals surface area contributed by atoms with Gasteiger partial charge >= 0.3 is 0 Å². The molecule has 0 bridgehead atoms. The Balaban J connectivity index is 1.53. The van der Waals surface area contributed by atoms with Crippen LogP contribution in [0, 0.1) is 6.92 Å². The maximum atomic E-state index is 12.1. The number of benzene rings is 1. The topological polar surface area (TPSA) is 104 Å². The quantitative estimate of drug-likeness (QED) is 0.610. The molecule has 0 aliphatic rings. The molecule has 138 valence electrons. The second-order valence-corrected chi connectivity index (χ2v) is 6.79. The Hall–Kier alpha value is -3.26. The van der Waals surface area contributed by atoms with Gasteiger partial charge in [0.1, 0.15) is 5.56 Å². The molecular formula is C19H18N4O3S. The standard InChI is InChI=1S/C19H18N4O3S/c1-12-4-2-5-13(10-12)21-16(24)8-7-14-11-27-19(22-14)23-18(26)15-6-3-9-20-17(15)25/h2-6,9-11H,7-8H2,1H3,(H,20,25)(H,21,24)(H,22,23,26). The van der Waals surface area contributed by atoms with E-state index in [0.717, 1.165) is 11.3 Å². The minimum absolute atomic E-state index is 0.0202. The van der Waals surface area contributed by atoms with Gasteiger partial charge in [-0.05, 0) is 43.2 Å². The number of nitrogens with zero attached hydrogens (tertiary/aromatic N) is 1. The van der Waals surface area contributed by atoms with E-state index < -0.39 is 11.5 Å². The molecule has 8 heteroatoms. The highest BCUT2D eigenvalue weighted by atomic mass is 32.1. The van der Waals surface area contributed by atoms with E-state index >= 15 is 0 Å². The molecule has 3 N–H and O–H groups in total. The molecule has 0 aliphatic heterocycles. The molecule has 3 rings (SSSR count). The number of hydrogen-bond donors (Lipinski definition) is 3. The SMILES string of the molecule is Cc1cccc(NC(=O)CCc2csc(NC(=O)c3ccc[nH]c3=O)n2)c1.